The van der Waals surface area contributed by atoms with Crippen molar-refractivity contribution in [2.45, 2.75) is 12.2 Å². The molecule has 0 unspecified atom stereocenters. The molecule has 0 aliphatic carbocycles. The topological polar surface area (TPSA) is 52.9 Å². The van der Waals surface area contributed by atoms with Crippen molar-refractivity contribution in [3.63, 3.8) is 0 Å². The highest BCUT2D eigenvalue weighted by Crippen LogP contribution is 2.24. The number of halogens is 2. The highest BCUT2D eigenvalue weighted by molar-refractivity contribution is 7.99. The molecule has 23 heavy (non-hydrogen) atoms. The Bertz CT molecular complexity index is 726. The summed E-state index contributed by atoms with van der Waals surface area (Å²) >= 11 is 13.3. The van der Waals surface area contributed by atoms with E-state index in [1.807, 2.05) is 24.3 Å². The first-order valence-corrected chi connectivity index (χ1v) is 8.77. The van der Waals surface area contributed by atoms with Crippen molar-refractivity contribution in [1.82, 2.24) is 0 Å². The second-order valence-electron chi connectivity index (χ2n) is 4.82. The van der Waals surface area contributed by atoms with E-state index in [9.17, 15) is 4.79 Å². The van der Waals surface area contributed by atoms with E-state index in [0.717, 1.165) is 16.8 Å². The first kappa shape index (κ1) is 17.7. The molecule has 0 saturated carbocycles. The molecule has 0 saturated heterocycles. The summed E-state index contributed by atoms with van der Waals surface area (Å²) in [6.07, 6.45) is 0.369. The lowest BCUT2D eigenvalue weighted by atomic mass is 10.1. The average Bonchev–Trinajstić information content (AvgIpc) is 2.53. The molecule has 0 bridgehead atoms. The highest BCUT2D eigenvalue weighted by Gasteiger charge is 2.05. The molecule has 2 rings (SSSR count). The van der Waals surface area contributed by atoms with Crippen molar-refractivity contribution >= 4 is 46.6 Å². The predicted molar refractivity (Wildman–Crippen MR) is 97.0 cm³/mol. The fourth-order valence-electron chi connectivity index (χ4n) is 1.89. The van der Waals surface area contributed by atoms with E-state index in [-0.39, 0.29) is 5.91 Å². The fourth-order valence-corrected chi connectivity index (χ4v) is 2.98. The van der Waals surface area contributed by atoms with Crippen LogP contribution >= 0.6 is 35.0 Å². The monoisotopic (exact) mass is 364 g/mol. The standard InChI is InChI=1S/C17H14Cl2N2OS/c18-15-6-3-13(9-16(15)19)10-23-11-17(22)21-14-4-1-12(2-5-14)7-8-20/h1-6,9H,7,10-11H2,(H,21,22). The SMILES string of the molecule is N#CCc1ccc(NC(=O)CSCc2ccc(Cl)c(Cl)c2)cc1. The molecule has 0 aliphatic heterocycles. The van der Waals surface area contributed by atoms with Gasteiger partial charge in [0, 0.05) is 11.4 Å². The van der Waals surface area contributed by atoms with Gasteiger partial charge in [0.25, 0.3) is 0 Å². The minimum Gasteiger partial charge on any atom is -0.325 e. The largest absolute Gasteiger partial charge is 0.325 e. The maximum Gasteiger partial charge on any atom is 0.234 e. The number of anilines is 1. The van der Waals surface area contributed by atoms with Crippen molar-refractivity contribution < 1.29 is 4.79 Å². The number of hydrogen-bond donors (Lipinski definition) is 1. The summed E-state index contributed by atoms with van der Waals surface area (Å²) in [5.74, 6) is 0.967. The van der Waals surface area contributed by atoms with Crippen LogP contribution in [0.5, 0.6) is 0 Å². The fraction of sp³-hybridized carbons (Fsp3) is 0.176. The van der Waals surface area contributed by atoms with Gasteiger partial charge in [0.05, 0.1) is 28.3 Å². The Labute approximate surface area is 149 Å². The summed E-state index contributed by atoms with van der Waals surface area (Å²) in [5.41, 5.74) is 2.68. The second-order valence-corrected chi connectivity index (χ2v) is 6.62. The molecule has 2 aromatic rings. The second kappa shape index (κ2) is 8.83. The molecule has 1 N–H and O–H groups in total. The molecule has 0 fully saturated rings. The van der Waals surface area contributed by atoms with E-state index >= 15 is 0 Å². The Morgan fingerprint density at radius 2 is 1.78 bits per heavy atom. The van der Waals surface area contributed by atoms with Gasteiger partial charge in [-0.2, -0.15) is 5.26 Å². The third kappa shape index (κ3) is 5.80. The van der Waals surface area contributed by atoms with Crippen molar-refractivity contribution in [2.24, 2.45) is 0 Å². The smallest absolute Gasteiger partial charge is 0.234 e. The Morgan fingerprint density at radius 3 is 2.43 bits per heavy atom. The van der Waals surface area contributed by atoms with E-state index in [1.54, 1.807) is 18.2 Å². The van der Waals surface area contributed by atoms with Gasteiger partial charge in [0.2, 0.25) is 5.91 Å². The third-order valence-corrected chi connectivity index (χ3v) is 4.75. The number of carbonyl (C=O) groups excluding carboxylic acids is 1. The van der Waals surface area contributed by atoms with Gasteiger partial charge in [0.15, 0.2) is 0 Å². The highest BCUT2D eigenvalue weighted by atomic mass is 35.5. The van der Waals surface area contributed by atoms with Crippen LogP contribution in [0, 0.1) is 11.3 Å². The molecule has 0 spiro atoms. The van der Waals surface area contributed by atoms with Crippen LogP contribution < -0.4 is 5.32 Å². The molecule has 0 atom stereocenters. The predicted octanol–water partition coefficient (Wildman–Crippen LogP) is 4.93. The Kier molecular flexibility index (Phi) is 6.79. The van der Waals surface area contributed by atoms with Gasteiger partial charge in [-0.25, -0.2) is 0 Å². The molecule has 0 aliphatic rings. The summed E-state index contributed by atoms with van der Waals surface area (Å²) in [6, 6.07) is 14.8. The number of nitrogens with one attached hydrogen (secondary N) is 1. The van der Waals surface area contributed by atoms with Gasteiger partial charge in [0.1, 0.15) is 0 Å². The molecule has 3 nitrogen and oxygen atoms in total. The van der Waals surface area contributed by atoms with Crippen molar-refractivity contribution in [3.05, 3.63) is 63.6 Å². The van der Waals surface area contributed by atoms with Crippen LogP contribution in [-0.2, 0) is 17.0 Å². The van der Waals surface area contributed by atoms with Crippen LogP contribution in [0.2, 0.25) is 10.0 Å². The molecular formula is C17H14Cl2N2OS. The number of rotatable bonds is 6. The quantitative estimate of drug-likeness (QED) is 0.790. The minimum absolute atomic E-state index is 0.0666. The average molecular weight is 365 g/mol. The maximum absolute atomic E-state index is 11.9. The van der Waals surface area contributed by atoms with Crippen LogP contribution in [-0.4, -0.2) is 11.7 Å². The summed E-state index contributed by atoms with van der Waals surface area (Å²) in [5, 5.41) is 12.5. The molecule has 0 radical (unpaired) electrons. The molecule has 0 heterocycles. The molecule has 6 heteroatoms. The summed E-state index contributed by atoms with van der Waals surface area (Å²) in [4.78, 5) is 11.9. The van der Waals surface area contributed by atoms with Crippen LogP contribution in [0.4, 0.5) is 5.69 Å². The van der Waals surface area contributed by atoms with E-state index < -0.39 is 0 Å². The van der Waals surface area contributed by atoms with Gasteiger partial charge < -0.3 is 5.32 Å². The zero-order chi connectivity index (χ0) is 16.7. The molecular weight excluding hydrogens is 351 g/mol. The number of thioether (sulfide) groups is 1. The number of hydrogen-bond acceptors (Lipinski definition) is 3. The Morgan fingerprint density at radius 1 is 1.09 bits per heavy atom. The lowest BCUT2D eigenvalue weighted by Gasteiger charge is -2.06. The van der Waals surface area contributed by atoms with E-state index in [1.165, 1.54) is 11.8 Å². The minimum atomic E-state index is -0.0666. The Hall–Kier alpha value is -1.67. The van der Waals surface area contributed by atoms with Gasteiger partial charge >= 0.3 is 0 Å². The number of nitriles is 1. The lowest BCUT2D eigenvalue weighted by Crippen LogP contribution is -2.14. The van der Waals surface area contributed by atoms with Gasteiger partial charge in [-0.15, -0.1) is 11.8 Å². The number of nitrogens with zero attached hydrogens (tertiary/aromatic N) is 1. The van der Waals surface area contributed by atoms with E-state index in [0.29, 0.717) is 28.0 Å². The summed E-state index contributed by atoms with van der Waals surface area (Å²) in [6.45, 7) is 0. The molecule has 0 aromatic heterocycles. The van der Waals surface area contributed by atoms with Crippen LogP contribution in [0.15, 0.2) is 42.5 Å². The number of benzene rings is 2. The summed E-state index contributed by atoms with van der Waals surface area (Å²) in [7, 11) is 0. The first-order valence-electron chi connectivity index (χ1n) is 6.86. The maximum atomic E-state index is 11.9. The van der Waals surface area contributed by atoms with E-state index in [2.05, 4.69) is 11.4 Å². The zero-order valence-corrected chi connectivity index (χ0v) is 14.5. The summed E-state index contributed by atoms with van der Waals surface area (Å²) < 4.78 is 0. The van der Waals surface area contributed by atoms with Crippen LogP contribution in [0.1, 0.15) is 11.1 Å². The molecule has 1 amide bonds. The van der Waals surface area contributed by atoms with Crippen molar-refractivity contribution in [1.29, 1.82) is 5.26 Å². The van der Waals surface area contributed by atoms with Crippen molar-refractivity contribution in [2.75, 3.05) is 11.1 Å². The third-order valence-electron chi connectivity index (χ3n) is 3.01. The van der Waals surface area contributed by atoms with Gasteiger partial charge in [-0.05, 0) is 35.4 Å². The molecule has 2 aromatic carbocycles. The van der Waals surface area contributed by atoms with Gasteiger partial charge in [-0.1, -0.05) is 41.4 Å². The van der Waals surface area contributed by atoms with Crippen LogP contribution in [0.3, 0.4) is 0 Å². The first-order chi connectivity index (χ1) is 11.1. The van der Waals surface area contributed by atoms with E-state index in [4.69, 9.17) is 28.5 Å². The lowest BCUT2D eigenvalue weighted by molar-refractivity contribution is -0.113. The number of amides is 1. The van der Waals surface area contributed by atoms with Crippen molar-refractivity contribution in [3.8, 4) is 6.07 Å². The normalized spacial score (nSPS) is 10.1. The Balaban J connectivity index is 1.78. The number of carbonyl (C=O) groups is 1. The molecule has 118 valence electrons. The van der Waals surface area contributed by atoms with Crippen LogP contribution in [0.25, 0.3) is 0 Å². The zero-order valence-electron chi connectivity index (χ0n) is 12.2. The van der Waals surface area contributed by atoms with Gasteiger partial charge in [-0.3, -0.25) is 4.79 Å².